The summed E-state index contributed by atoms with van der Waals surface area (Å²) in [6.45, 7) is 5.48. The molecule has 1 fully saturated rings. The van der Waals surface area contributed by atoms with Crippen LogP contribution in [0.4, 0.5) is 5.69 Å². The molecule has 2 amide bonds. The molecule has 0 aliphatic heterocycles. The number of carbonyl (C=O) groups is 2. The van der Waals surface area contributed by atoms with Gasteiger partial charge in [-0.3, -0.25) is 14.5 Å². The van der Waals surface area contributed by atoms with Crippen molar-refractivity contribution >= 4 is 17.5 Å². The van der Waals surface area contributed by atoms with Gasteiger partial charge in [-0.05, 0) is 50.4 Å². The highest BCUT2D eigenvalue weighted by Crippen LogP contribution is 2.47. The maximum Gasteiger partial charge on any atom is 0.241 e. The first-order valence-corrected chi connectivity index (χ1v) is 10.5. The maximum atomic E-state index is 12.6. The van der Waals surface area contributed by atoms with E-state index in [9.17, 15) is 9.59 Å². The molecule has 29 heavy (non-hydrogen) atoms. The van der Waals surface area contributed by atoms with Crippen LogP contribution in [-0.2, 0) is 15.0 Å². The number of nitrogens with one attached hydrogen (secondary N) is 2. The van der Waals surface area contributed by atoms with Gasteiger partial charge in [-0.2, -0.15) is 0 Å². The molecule has 0 heterocycles. The van der Waals surface area contributed by atoms with Crippen molar-refractivity contribution in [3.63, 3.8) is 0 Å². The Morgan fingerprint density at radius 3 is 2.24 bits per heavy atom. The lowest BCUT2D eigenvalue weighted by molar-refractivity contribution is -0.125. The van der Waals surface area contributed by atoms with Crippen molar-refractivity contribution in [1.29, 1.82) is 0 Å². The minimum Gasteiger partial charge on any atom is -0.354 e. The summed E-state index contributed by atoms with van der Waals surface area (Å²) in [5.74, 6) is -0.125. The predicted molar refractivity (Wildman–Crippen MR) is 117 cm³/mol. The van der Waals surface area contributed by atoms with Crippen LogP contribution in [0, 0.1) is 0 Å². The molecule has 1 unspecified atom stereocenters. The standard InChI is InChI=1S/C24H31N3O2/c1-3-16-27(19(2)23(29)26-21-12-8-5-9-13-21)17-22(28)25-18-24(14-15-24)20-10-6-4-7-11-20/h4-13,19H,3,14-18H2,1-2H3,(H,25,28)(H,26,29). The molecule has 2 N–H and O–H groups in total. The molecule has 0 saturated heterocycles. The zero-order valence-corrected chi connectivity index (χ0v) is 17.4. The highest BCUT2D eigenvalue weighted by atomic mass is 16.2. The molecule has 2 aromatic carbocycles. The molecule has 5 nitrogen and oxygen atoms in total. The van der Waals surface area contributed by atoms with Crippen LogP contribution in [0.3, 0.4) is 0 Å². The van der Waals surface area contributed by atoms with Crippen molar-refractivity contribution in [2.45, 2.75) is 44.6 Å². The summed E-state index contributed by atoms with van der Waals surface area (Å²) in [5, 5.41) is 6.03. The Hall–Kier alpha value is -2.66. The monoisotopic (exact) mass is 393 g/mol. The molecule has 0 bridgehead atoms. The Balaban J connectivity index is 1.54. The van der Waals surface area contributed by atoms with Gasteiger partial charge in [0.25, 0.3) is 0 Å². The molecular weight excluding hydrogens is 362 g/mol. The lowest BCUT2D eigenvalue weighted by Gasteiger charge is -2.27. The van der Waals surface area contributed by atoms with Gasteiger partial charge in [-0.15, -0.1) is 0 Å². The lowest BCUT2D eigenvalue weighted by Crippen LogP contribution is -2.48. The topological polar surface area (TPSA) is 61.4 Å². The van der Waals surface area contributed by atoms with Gasteiger partial charge in [0.05, 0.1) is 12.6 Å². The van der Waals surface area contributed by atoms with Gasteiger partial charge >= 0.3 is 0 Å². The lowest BCUT2D eigenvalue weighted by atomic mass is 9.96. The van der Waals surface area contributed by atoms with Gasteiger partial charge in [-0.25, -0.2) is 0 Å². The fourth-order valence-corrected chi connectivity index (χ4v) is 3.65. The number of carbonyl (C=O) groups excluding carboxylic acids is 2. The van der Waals surface area contributed by atoms with Crippen LogP contribution in [0.2, 0.25) is 0 Å². The number of hydrogen-bond acceptors (Lipinski definition) is 3. The number of para-hydroxylation sites is 1. The van der Waals surface area contributed by atoms with E-state index in [2.05, 4.69) is 29.7 Å². The summed E-state index contributed by atoms with van der Waals surface area (Å²) in [6.07, 6.45) is 3.09. The normalized spacial score (nSPS) is 15.6. The van der Waals surface area contributed by atoms with Crippen LogP contribution in [0.5, 0.6) is 0 Å². The van der Waals surface area contributed by atoms with E-state index in [4.69, 9.17) is 0 Å². The van der Waals surface area contributed by atoms with E-state index >= 15 is 0 Å². The number of anilines is 1. The number of nitrogens with zero attached hydrogens (tertiary/aromatic N) is 1. The average Bonchev–Trinajstić information content (AvgIpc) is 3.54. The molecule has 1 saturated carbocycles. The summed E-state index contributed by atoms with van der Waals surface area (Å²) in [6, 6.07) is 19.4. The molecule has 1 atom stereocenters. The highest BCUT2D eigenvalue weighted by Gasteiger charge is 2.44. The average molecular weight is 394 g/mol. The van der Waals surface area contributed by atoms with Crippen molar-refractivity contribution in [1.82, 2.24) is 10.2 Å². The third kappa shape index (κ3) is 5.67. The summed E-state index contributed by atoms with van der Waals surface area (Å²) in [7, 11) is 0. The van der Waals surface area contributed by atoms with Gasteiger partial charge in [0.15, 0.2) is 0 Å². The van der Waals surface area contributed by atoms with E-state index in [-0.39, 0.29) is 29.8 Å². The summed E-state index contributed by atoms with van der Waals surface area (Å²) in [4.78, 5) is 27.2. The van der Waals surface area contributed by atoms with Gasteiger partial charge in [0, 0.05) is 17.6 Å². The van der Waals surface area contributed by atoms with E-state index in [1.807, 2.05) is 60.4 Å². The van der Waals surface area contributed by atoms with Crippen molar-refractivity contribution in [3.8, 4) is 0 Å². The number of amides is 2. The molecule has 0 radical (unpaired) electrons. The second kappa shape index (κ2) is 9.70. The number of rotatable bonds is 10. The van der Waals surface area contributed by atoms with E-state index in [1.54, 1.807) is 0 Å². The summed E-state index contributed by atoms with van der Waals surface area (Å²) < 4.78 is 0. The second-order valence-corrected chi connectivity index (χ2v) is 7.92. The molecule has 1 aliphatic rings. The first-order chi connectivity index (χ1) is 14.0. The van der Waals surface area contributed by atoms with E-state index < -0.39 is 0 Å². The Labute approximate surface area is 173 Å². The van der Waals surface area contributed by atoms with Crippen LogP contribution < -0.4 is 10.6 Å². The number of benzene rings is 2. The largest absolute Gasteiger partial charge is 0.354 e. The van der Waals surface area contributed by atoms with Crippen molar-refractivity contribution in [2.24, 2.45) is 0 Å². The third-order valence-corrected chi connectivity index (χ3v) is 5.69. The molecule has 0 spiro atoms. The summed E-state index contributed by atoms with van der Waals surface area (Å²) in [5.41, 5.74) is 2.15. The molecule has 1 aliphatic carbocycles. The zero-order chi connectivity index (χ0) is 20.7. The van der Waals surface area contributed by atoms with Gasteiger partial charge < -0.3 is 10.6 Å². The molecular formula is C24H31N3O2. The first-order valence-electron chi connectivity index (χ1n) is 10.5. The minimum absolute atomic E-state index is 0.0278. The Bertz CT molecular complexity index is 803. The smallest absolute Gasteiger partial charge is 0.241 e. The summed E-state index contributed by atoms with van der Waals surface area (Å²) >= 11 is 0. The second-order valence-electron chi connectivity index (χ2n) is 7.92. The van der Waals surface area contributed by atoms with Crippen molar-refractivity contribution < 1.29 is 9.59 Å². The fourth-order valence-electron chi connectivity index (χ4n) is 3.65. The van der Waals surface area contributed by atoms with Gasteiger partial charge in [0.1, 0.15) is 0 Å². The molecule has 2 aromatic rings. The molecule has 154 valence electrons. The molecule has 0 aromatic heterocycles. The van der Waals surface area contributed by atoms with E-state index in [0.29, 0.717) is 13.1 Å². The van der Waals surface area contributed by atoms with Crippen LogP contribution >= 0.6 is 0 Å². The third-order valence-electron chi connectivity index (χ3n) is 5.69. The van der Waals surface area contributed by atoms with E-state index in [0.717, 1.165) is 24.9 Å². The maximum absolute atomic E-state index is 12.6. The van der Waals surface area contributed by atoms with Crippen LogP contribution in [0.15, 0.2) is 60.7 Å². The fraction of sp³-hybridized carbons (Fsp3) is 0.417. The molecule has 3 rings (SSSR count). The Morgan fingerprint density at radius 1 is 1.03 bits per heavy atom. The van der Waals surface area contributed by atoms with Gasteiger partial charge in [0.2, 0.25) is 11.8 Å². The minimum atomic E-state index is -0.384. The van der Waals surface area contributed by atoms with E-state index in [1.165, 1.54) is 5.56 Å². The number of hydrogen-bond donors (Lipinski definition) is 2. The Kier molecular flexibility index (Phi) is 7.04. The van der Waals surface area contributed by atoms with Crippen molar-refractivity contribution in [3.05, 3.63) is 66.2 Å². The highest BCUT2D eigenvalue weighted by molar-refractivity contribution is 5.94. The van der Waals surface area contributed by atoms with Crippen molar-refractivity contribution in [2.75, 3.05) is 25.0 Å². The first kappa shape index (κ1) is 21.1. The quantitative estimate of drug-likeness (QED) is 0.649. The molecule has 5 heteroatoms. The zero-order valence-electron chi connectivity index (χ0n) is 17.4. The predicted octanol–water partition coefficient (Wildman–Crippen LogP) is 3.57. The van der Waals surface area contributed by atoms with Gasteiger partial charge in [-0.1, -0.05) is 55.5 Å². The van der Waals surface area contributed by atoms with Crippen LogP contribution in [-0.4, -0.2) is 42.4 Å². The Morgan fingerprint density at radius 2 is 1.66 bits per heavy atom. The van der Waals surface area contributed by atoms with Crippen LogP contribution in [0.25, 0.3) is 0 Å². The van der Waals surface area contributed by atoms with Crippen LogP contribution in [0.1, 0.15) is 38.7 Å². The SMILES string of the molecule is CCCN(CC(=O)NCC1(c2ccccc2)CC1)C(C)C(=O)Nc1ccccc1.